The van der Waals surface area contributed by atoms with Crippen molar-refractivity contribution in [3.63, 3.8) is 0 Å². The summed E-state index contributed by atoms with van der Waals surface area (Å²) in [6.07, 6.45) is 0. The summed E-state index contributed by atoms with van der Waals surface area (Å²) in [6, 6.07) is 20.4. The molecule has 0 spiro atoms. The number of carbonyl (C=O) groups excluding carboxylic acids is 1. The van der Waals surface area contributed by atoms with Gasteiger partial charge in [0.2, 0.25) is 5.91 Å². The summed E-state index contributed by atoms with van der Waals surface area (Å²) >= 11 is 0. The third kappa shape index (κ3) is 3.58. The first-order valence-electron chi connectivity index (χ1n) is 9.16. The molecule has 1 aromatic heterocycles. The highest BCUT2D eigenvalue weighted by Gasteiger charge is 2.35. The largest absolute Gasteiger partial charge is 0.497 e. The minimum absolute atomic E-state index is 0.00756. The van der Waals surface area contributed by atoms with Crippen molar-refractivity contribution in [2.75, 3.05) is 25.1 Å². The lowest BCUT2D eigenvalue weighted by atomic mass is 9.94. The number of fused-ring (bicyclic) bond motifs is 1. The SMILES string of the molecule is COc1ccc([C@@H]2CN(c3ccc4ccccc4n3)C[C@H]2NC(C)=O)cc1. The van der Waals surface area contributed by atoms with Crippen molar-refractivity contribution in [3.05, 3.63) is 66.2 Å². The highest BCUT2D eigenvalue weighted by atomic mass is 16.5. The zero-order chi connectivity index (χ0) is 18.8. The number of rotatable bonds is 4. The van der Waals surface area contributed by atoms with Crippen LogP contribution in [0.4, 0.5) is 5.82 Å². The number of nitrogens with one attached hydrogen (secondary N) is 1. The van der Waals surface area contributed by atoms with Crippen molar-refractivity contribution < 1.29 is 9.53 Å². The van der Waals surface area contributed by atoms with E-state index in [0.29, 0.717) is 0 Å². The topological polar surface area (TPSA) is 54.5 Å². The molecule has 0 aliphatic carbocycles. The molecule has 2 heterocycles. The average Bonchev–Trinajstić information content (AvgIpc) is 3.10. The highest BCUT2D eigenvalue weighted by molar-refractivity contribution is 5.80. The van der Waals surface area contributed by atoms with E-state index >= 15 is 0 Å². The van der Waals surface area contributed by atoms with Gasteiger partial charge in [0.25, 0.3) is 0 Å². The second kappa shape index (κ2) is 7.27. The second-order valence-electron chi connectivity index (χ2n) is 6.95. The number of pyridine rings is 1. The van der Waals surface area contributed by atoms with Gasteiger partial charge in [-0.25, -0.2) is 4.98 Å². The van der Waals surface area contributed by atoms with Crippen LogP contribution in [-0.2, 0) is 4.79 Å². The fraction of sp³-hybridized carbons (Fsp3) is 0.273. The van der Waals surface area contributed by atoms with Crippen LogP contribution < -0.4 is 15.0 Å². The van der Waals surface area contributed by atoms with Crippen LogP contribution in [0.3, 0.4) is 0 Å². The van der Waals surface area contributed by atoms with Gasteiger partial charge in [0.15, 0.2) is 0 Å². The normalized spacial score (nSPS) is 19.3. The zero-order valence-corrected chi connectivity index (χ0v) is 15.6. The molecule has 138 valence electrons. The Balaban J connectivity index is 1.63. The average molecular weight is 361 g/mol. The molecule has 3 aromatic rings. The second-order valence-corrected chi connectivity index (χ2v) is 6.95. The molecule has 27 heavy (non-hydrogen) atoms. The number of benzene rings is 2. The Labute approximate surface area is 159 Å². The Kier molecular flexibility index (Phi) is 4.67. The summed E-state index contributed by atoms with van der Waals surface area (Å²) in [4.78, 5) is 18.8. The molecule has 0 saturated carbocycles. The molecule has 1 amide bonds. The molecule has 1 aliphatic heterocycles. The summed E-state index contributed by atoms with van der Waals surface area (Å²) in [6.45, 7) is 3.12. The third-order valence-corrected chi connectivity index (χ3v) is 5.16. The van der Waals surface area contributed by atoms with Crippen molar-refractivity contribution in [1.29, 1.82) is 0 Å². The minimum atomic E-state index is -0.00756. The lowest BCUT2D eigenvalue weighted by Crippen LogP contribution is -2.38. The fourth-order valence-electron chi connectivity index (χ4n) is 3.82. The summed E-state index contributed by atoms with van der Waals surface area (Å²) < 4.78 is 5.26. The van der Waals surface area contributed by atoms with Gasteiger partial charge in [-0.15, -0.1) is 0 Å². The molecule has 2 atom stereocenters. The van der Waals surface area contributed by atoms with Gasteiger partial charge in [-0.1, -0.05) is 30.3 Å². The molecule has 4 rings (SSSR count). The number of ether oxygens (including phenoxy) is 1. The summed E-state index contributed by atoms with van der Waals surface area (Å²) in [5.74, 6) is 1.97. The van der Waals surface area contributed by atoms with Gasteiger partial charge < -0.3 is 15.0 Å². The number of methoxy groups -OCH3 is 1. The summed E-state index contributed by atoms with van der Waals surface area (Å²) in [5, 5.41) is 4.25. The third-order valence-electron chi connectivity index (χ3n) is 5.16. The van der Waals surface area contributed by atoms with Gasteiger partial charge >= 0.3 is 0 Å². The molecule has 0 unspecified atom stereocenters. The molecule has 1 saturated heterocycles. The Hall–Kier alpha value is -3.08. The Morgan fingerprint density at radius 2 is 1.85 bits per heavy atom. The Morgan fingerprint density at radius 1 is 1.07 bits per heavy atom. The van der Waals surface area contributed by atoms with E-state index < -0.39 is 0 Å². The Bertz CT molecular complexity index is 955. The van der Waals surface area contributed by atoms with Crippen LogP contribution in [0.2, 0.25) is 0 Å². The van der Waals surface area contributed by atoms with E-state index in [2.05, 4.69) is 40.5 Å². The predicted molar refractivity (Wildman–Crippen MR) is 107 cm³/mol. The molecule has 0 bridgehead atoms. The van der Waals surface area contributed by atoms with Gasteiger partial charge in [0.05, 0.1) is 18.7 Å². The molecule has 1 N–H and O–H groups in total. The molecule has 2 aromatic carbocycles. The molecular weight excluding hydrogens is 338 g/mol. The van der Waals surface area contributed by atoms with E-state index in [1.807, 2.05) is 30.3 Å². The van der Waals surface area contributed by atoms with Gasteiger partial charge in [-0.3, -0.25) is 4.79 Å². The van der Waals surface area contributed by atoms with Crippen molar-refractivity contribution in [2.45, 2.75) is 18.9 Å². The van der Waals surface area contributed by atoms with E-state index in [1.54, 1.807) is 14.0 Å². The Morgan fingerprint density at radius 3 is 2.59 bits per heavy atom. The molecule has 0 radical (unpaired) electrons. The number of nitrogens with zero attached hydrogens (tertiary/aromatic N) is 2. The van der Waals surface area contributed by atoms with E-state index in [9.17, 15) is 4.79 Å². The first kappa shape index (κ1) is 17.3. The first-order valence-corrected chi connectivity index (χ1v) is 9.16. The summed E-state index contributed by atoms with van der Waals surface area (Å²) in [5.41, 5.74) is 2.18. The zero-order valence-electron chi connectivity index (χ0n) is 15.6. The van der Waals surface area contributed by atoms with E-state index in [1.165, 1.54) is 5.56 Å². The van der Waals surface area contributed by atoms with Crippen LogP contribution in [0.5, 0.6) is 5.75 Å². The predicted octanol–water partition coefficient (Wildman–Crippen LogP) is 3.35. The van der Waals surface area contributed by atoms with Gasteiger partial charge in [-0.2, -0.15) is 0 Å². The lowest BCUT2D eigenvalue weighted by molar-refractivity contribution is -0.119. The first-order chi connectivity index (χ1) is 13.1. The number of aromatic nitrogens is 1. The van der Waals surface area contributed by atoms with Crippen molar-refractivity contribution in [2.24, 2.45) is 0 Å². The van der Waals surface area contributed by atoms with E-state index in [4.69, 9.17) is 9.72 Å². The van der Waals surface area contributed by atoms with Crippen LogP contribution in [0.15, 0.2) is 60.7 Å². The number of para-hydroxylation sites is 1. The minimum Gasteiger partial charge on any atom is -0.497 e. The highest BCUT2D eigenvalue weighted by Crippen LogP contribution is 2.32. The quantitative estimate of drug-likeness (QED) is 0.774. The maximum absolute atomic E-state index is 11.7. The van der Waals surface area contributed by atoms with E-state index in [-0.39, 0.29) is 17.9 Å². The standard InChI is InChI=1S/C22H23N3O2/c1-15(26)23-21-14-25(13-19(21)16-7-10-18(27-2)11-8-16)22-12-9-17-5-3-4-6-20(17)24-22/h3-12,19,21H,13-14H2,1-2H3,(H,23,26)/t19-,21+/m0/s1. The van der Waals surface area contributed by atoms with Crippen molar-refractivity contribution in [1.82, 2.24) is 10.3 Å². The van der Waals surface area contributed by atoms with Crippen LogP contribution in [0, 0.1) is 0 Å². The van der Waals surface area contributed by atoms with Crippen molar-refractivity contribution >= 4 is 22.6 Å². The molecular formula is C22H23N3O2. The van der Waals surface area contributed by atoms with Crippen LogP contribution in [-0.4, -0.2) is 37.1 Å². The maximum Gasteiger partial charge on any atom is 0.217 e. The van der Waals surface area contributed by atoms with Gasteiger partial charge in [-0.05, 0) is 35.9 Å². The summed E-state index contributed by atoms with van der Waals surface area (Å²) in [7, 11) is 1.66. The molecule has 1 fully saturated rings. The molecule has 1 aliphatic rings. The number of anilines is 1. The number of hydrogen-bond acceptors (Lipinski definition) is 4. The number of amides is 1. The molecule has 5 heteroatoms. The van der Waals surface area contributed by atoms with Crippen molar-refractivity contribution in [3.8, 4) is 5.75 Å². The lowest BCUT2D eigenvalue weighted by Gasteiger charge is -2.19. The van der Waals surface area contributed by atoms with Gasteiger partial charge in [0.1, 0.15) is 11.6 Å². The van der Waals surface area contributed by atoms with Crippen LogP contribution >= 0.6 is 0 Å². The number of carbonyl (C=O) groups is 1. The van der Waals surface area contributed by atoms with Crippen LogP contribution in [0.1, 0.15) is 18.4 Å². The number of hydrogen-bond donors (Lipinski definition) is 1. The molecule has 5 nitrogen and oxygen atoms in total. The van der Waals surface area contributed by atoms with Crippen LogP contribution in [0.25, 0.3) is 10.9 Å². The van der Waals surface area contributed by atoms with Gasteiger partial charge in [0, 0.05) is 31.3 Å². The maximum atomic E-state index is 11.7. The van der Waals surface area contributed by atoms with E-state index in [0.717, 1.165) is 35.6 Å². The smallest absolute Gasteiger partial charge is 0.217 e. The monoisotopic (exact) mass is 361 g/mol. The fourth-order valence-corrected chi connectivity index (χ4v) is 3.82.